The molecule has 2 N–H and O–H groups in total. The van der Waals surface area contributed by atoms with E-state index >= 15 is 0 Å². The second-order valence-electron chi connectivity index (χ2n) is 7.17. The normalized spacial score (nSPS) is 18.7. The van der Waals surface area contributed by atoms with Crippen LogP contribution >= 0.6 is 11.3 Å². The number of nitrogens with one attached hydrogen (secondary N) is 2. The maximum Gasteiger partial charge on any atom is 0.261 e. The zero-order valence-corrected chi connectivity index (χ0v) is 16.7. The van der Waals surface area contributed by atoms with Crippen LogP contribution < -0.4 is 10.6 Å². The summed E-state index contributed by atoms with van der Waals surface area (Å²) < 4.78 is 0. The number of amides is 2. The van der Waals surface area contributed by atoms with Crippen molar-refractivity contribution in [2.24, 2.45) is 0 Å². The number of likely N-dealkylation sites (tertiary alicyclic amines) is 1. The predicted molar refractivity (Wildman–Crippen MR) is 110 cm³/mol. The third-order valence-electron chi connectivity index (χ3n) is 5.03. The van der Waals surface area contributed by atoms with E-state index in [1.165, 1.54) is 36.2 Å². The maximum atomic E-state index is 12.3. The number of carbonyl (C=O) groups excluding carboxylic acids is 2. The van der Waals surface area contributed by atoms with Crippen LogP contribution in [0.5, 0.6) is 0 Å². The SMILES string of the molecule is CC(NC(=O)c1cccs1)C(=O)Nc1ccc(CN2CCCCC2C)cc1. The van der Waals surface area contributed by atoms with E-state index in [9.17, 15) is 9.59 Å². The zero-order valence-electron chi connectivity index (χ0n) is 15.9. The van der Waals surface area contributed by atoms with Gasteiger partial charge in [-0.15, -0.1) is 11.3 Å². The monoisotopic (exact) mass is 385 g/mol. The number of thiophene rings is 1. The highest BCUT2D eigenvalue weighted by atomic mass is 32.1. The first-order chi connectivity index (χ1) is 13.0. The Morgan fingerprint density at radius 2 is 2.00 bits per heavy atom. The average Bonchev–Trinajstić information content (AvgIpc) is 3.20. The summed E-state index contributed by atoms with van der Waals surface area (Å²) in [5.74, 6) is -0.448. The van der Waals surface area contributed by atoms with E-state index in [1.807, 2.05) is 23.6 Å². The highest BCUT2D eigenvalue weighted by molar-refractivity contribution is 7.12. The molecule has 1 saturated heterocycles. The summed E-state index contributed by atoms with van der Waals surface area (Å²) in [7, 11) is 0. The van der Waals surface area contributed by atoms with Crippen LogP contribution in [-0.4, -0.2) is 35.3 Å². The van der Waals surface area contributed by atoms with Crippen LogP contribution in [0, 0.1) is 0 Å². The van der Waals surface area contributed by atoms with E-state index in [1.54, 1.807) is 13.0 Å². The van der Waals surface area contributed by atoms with Gasteiger partial charge in [0.1, 0.15) is 6.04 Å². The van der Waals surface area contributed by atoms with E-state index in [2.05, 4.69) is 34.6 Å². The molecule has 0 aliphatic carbocycles. The molecular weight excluding hydrogens is 358 g/mol. The molecule has 1 aromatic heterocycles. The van der Waals surface area contributed by atoms with Gasteiger partial charge in [0.25, 0.3) is 5.91 Å². The molecule has 6 heteroatoms. The predicted octanol–water partition coefficient (Wildman–Crippen LogP) is 3.88. The third-order valence-corrected chi connectivity index (χ3v) is 5.90. The number of piperidine rings is 1. The Balaban J connectivity index is 1.51. The van der Waals surface area contributed by atoms with Gasteiger partial charge in [-0.2, -0.15) is 0 Å². The molecule has 0 bridgehead atoms. The number of rotatable bonds is 6. The second-order valence-corrected chi connectivity index (χ2v) is 8.12. The van der Waals surface area contributed by atoms with Crippen molar-refractivity contribution in [3.63, 3.8) is 0 Å². The molecule has 27 heavy (non-hydrogen) atoms. The summed E-state index contributed by atoms with van der Waals surface area (Å²) in [4.78, 5) is 27.5. The van der Waals surface area contributed by atoms with Gasteiger partial charge in [0, 0.05) is 18.3 Å². The Morgan fingerprint density at radius 1 is 1.22 bits per heavy atom. The van der Waals surface area contributed by atoms with Crippen LogP contribution in [0.2, 0.25) is 0 Å². The zero-order chi connectivity index (χ0) is 19.2. The highest BCUT2D eigenvalue weighted by Gasteiger charge is 2.19. The Labute approximate surface area is 164 Å². The van der Waals surface area contributed by atoms with Gasteiger partial charge < -0.3 is 10.6 Å². The minimum atomic E-state index is -0.603. The molecule has 1 aromatic carbocycles. The van der Waals surface area contributed by atoms with E-state index < -0.39 is 6.04 Å². The summed E-state index contributed by atoms with van der Waals surface area (Å²) in [6, 6.07) is 11.6. The first-order valence-corrected chi connectivity index (χ1v) is 10.4. The molecule has 1 aliphatic rings. The van der Waals surface area contributed by atoms with E-state index in [-0.39, 0.29) is 11.8 Å². The smallest absolute Gasteiger partial charge is 0.261 e. The molecule has 0 radical (unpaired) electrons. The summed E-state index contributed by atoms with van der Waals surface area (Å²) in [6.07, 6.45) is 3.86. The molecule has 0 spiro atoms. The summed E-state index contributed by atoms with van der Waals surface area (Å²) in [6.45, 7) is 6.08. The fourth-order valence-electron chi connectivity index (χ4n) is 3.31. The minimum absolute atomic E-state index is 0.223. The molecule has 2 heterocycles. The maximum absolute atomic E-state index is 12.3. The lowest BCUT2D eigenvalue weighted by Gasteiger charge is -2.33. The van der Waals surface area contributed by atoms with Gasteiger partial charge in [-0.25, -0.2) is 0 Å². The van der Waals surface area contributed by atoms with Crippen LogP contribution in [0.1, 0.15) is 48.3 Å². The molecule has 144 valence electrons. The van der Waals surface area contributed by atoms with Crippen molar-refractivity contribution in [2.75, 3.05) is 11.9 Å². The van der Waals surface area contributed by atoms with Gasteiger partial charge in [0.05, 0.1) is 4.88 Å². The Morgan fingerprint density at radius 3 is 2.67 bits per heavy atom. The van der Waals surface area contributed by atoms with Gasteiger partial charge in [0.15, 0.2) is 0 Å². The minimum Gasteiger partial charge on any atom is -0.340 e. The Kier molecular flexibility index (Phi) is 6.63. The average molecular weight is 386 g/mol. The van der Waals surface area contributed by atoms with Crippen molar-refractivity contribution in [3.05, 3.63) is 52.2 Å². The highest BCUT2D eigenvalue weighted by Crippen LogP contribution is 2.20. The first kappa shape index (κ1) is 19.6. The number of benzene rings is 1. The molecular formula is C21H27N3O2S. The van der Waals surface area contributed by atoms with Crippen LogP contribution in [0.25, 0.3) is 0 Å². The molecule has 3 rings (SSSR count). The number of hydrogen-bond acceptors (Lipinski definition) is 4. The molecule has 1 fully saturated rings. The number of anilines is 1. The van der Waals surface area contributed by atoms with Gasteiger partial charge >= 0.3 is 0 Å². The fraction of sp³-hybridized carbons (Fsp3) is 0.429. The largest absolute Gasteiger partial charge is 0.340 e. The molecule has 2 aromatic rings. The van der Waals surface area contributed by atoms with E-state index in [0.717, 1.165) is 18.8 Å². The Hall–Kier alpha value is -2.18. The number of nitrogens with zero attached hydrogens (tertiary/aromatic N) is 1. The van der Waals surface area contributed by atoms with Crippen molar-refractivity contribution in [2.45, 2.75) is 51.7 Å². The standard InChI is InChI=1S/C21H27N3O2S/c1-15-6-3-4-12-24(15)14-17-8-10-18(11-9-17)23-20(25)16(2)22-21(26)19-7-5-13-27-19/h5,7-11,13,15-16H,3-4,6,12,14H2,1-2H3,(H,22,26)(H,23,25). The lowest BCUT2D eigenvalue weighted by molar-refractivity contribution is -0.117. The van der Waals surface area contributed by atoms with Crippen LogP contribution in [-0.2, 0) is 11.3 Å². The van der Waals surface area contributed by atoms with Gasteiger partial charge in [-0.1, -0.05) is 24.6 Å². The van der Waals surface area contributed by atoms with Crippen molar-refractivity contribution >= 4 is 28.8 Å². The van der Waals surface area contributed by atoms with Crippen LogP contribution in [0.3, 0.4) is 0 Å². The van der Waals surface area contributed by atoms with Gasteiger partial charge in [-0.05, 0) is 62.4 Å². The molecule has 2 amide bonds. The summed E-state index contributed by atoms with van der Waals surface area (Å²) in [5.41, 5.74) is 1.99. The summed E-state index contributed by atoms with van der Waals surface area (Å²) >= 11 is 1.36. The van der Waals surface area contributed by atoms with Gasteiger partial charge in [-0.3, -0.25) is 14.5 Å². The lowest BCUT2D eigenvalue weighted by Crippen LogP contribution is -2.41. The lowest BCUT2D eigenvalue weighted by atomic mass is 10.0. The van der Waals surface area contributed by atoms with Crippen LogP contribution in [0.4, 0.5) is 5.69 Å². The topological polar surface area (TPSA) is 61.4 Å². The molecule has 0 saturated carbocycles. The molecule has 1 aliphatic heterocycles. The fourth-order valence-corrected chi connectivity index (χ4v) is 3.94. The molecule has 2 unspecified atom stereocenters. The van der Waals surface area contributed by atoms with Crippen molar-refractivity contribution in [1.82, 2.24) is 10.2 Å². The van der Waals surface area contributed by atoms with Crippen molar-refractivity contribution < 1.29 is 9.59 Å². The first-order valence-electron chi connectivity index (χ1n) is 9.51. The number of hydrogen-bond donors (Lipinski definition) is 2. The summed E-state index contributed by atoms with van der Waals surface area (Å²) in [5, 5.41) is 7.43. The second kappa shape index (κ2) is 9.15. The Bertz CT molecular complexity index is 758. The van der Waals surface area contributed by atoms with E-state index in [4.69, 9.17) is 0 Å². The third kappa shape index (κ3) is 5.40. The molecule has 2 atom stereocenters. The molecule has 5 nitrogen and oxygen atoms in total. The quantitative estimate of drug-likeness (QED) is 0.793. The van der Waals surface area contributed by atoms with Crippen molar-refractivity contribution in [3.8, 4) is 0 Å². The van der Waals surface area contributed by atoms with E-state index in [0.29, 0.717) is 10.9 Å². The van der Waals surface area contributed by atoms with Crippen LogP contribution in [0.15, 0.2) is 41.8 Å². The number of carbonyl (C=O) groups is 2. The van der Waals surface area contributed by atoms with Crippen molar-refractivity contribution in [1.29, 1.82) is 0 Å². The van der Waals surface area contributed by atoms with Gasteiger partial charge in [0.2, 0.25) is 5.91 Å².